The molecule has 0 unspecified atom stereocenters. The lowest BCUT2D eigenvalue weighted by Gasteiger charge is -2.35. The second-order valence-corrected chi connectivity index (χ2v) is 6.98. The summed E-state index contributed by atoms with van der Waals surface area (Å²) in [6.07, 6.45) is 1.60. The zero-order chi connectivity index (χ0) is 19.7. The number of rotatable bonds is 3. The van der Waals surface area contributed by atoms with Gasteiger partial charge >= 0.3 is 0 Å². The summed E-state index contributed by atoms with van der Waals surface area (Å²) < 4.78 is 18.2. The van der Waals surface area contributed by atoms with Crippen LogP contribution >= 0.6 is 0 Å². The molecular formula is C20H20FN3O4. The van der Waals surface area contributed by atoms with Crippen molar-refractivity contribution in [3.05, 3.63) is 54.2 Å². The second kappa shape index (κ2) is 7.46. The first-order valence-corrected chi connectivity index (χ1v) is 9.20. The Morgan fingerprint density at radius 3 is 2.32 bits per heavy atom. The lowest BCUT2D eigenvalue weighted by Crippen LogP contribution is -2.52. The van der Waals surface area contributed by atoms with Crippen molar-refractivity contribution in [1.29, 1.82) is 0 Å². The molecule has 0 N–H and O–H groups in total. The molecule has 146 valence electrons. The SMILES string of the molecule is O=C(c1ccco1)N1CCN(C(=O)[C@@H]2CC(=O)N(c3ccc(F)cc3)C2)CC1. The number of carbonyl (C=O) groups is 3. The summed E-state index contributed by atoms with van der Waals surface area (Å²) in [7, 11) is 0. The molecule has 1 atom stereocenters. The van der Waals surface area contributed by atoms with Gasteiger partial charge in [0, 0.05) is 44.8 Å². The Hall–Kier alpha value is -3.16. The van der Waals surface area contributed by atoms with Gasteiger partial charge < -0.3 is 19.1 Å². The van der Waals surface area contributed by atoms with Crippen LogP contribution in [-0.4, -0.2) is 60.2 Å². The zero-order valence-corrected chi connectivity index (χ0v) is 15.2. The number of anilines is 1. The highest BCUT2D eigenvalue weighted by atomic mass is 19.1. The number of halogens is 1. The Balaban J connectivity index is 1.35. The van der Waals surface area contributed by atoms with E-state index in [2.05, 4.69) is 0 Å². The summed E-state index contributed by atoms with van der Waals surface area (Å²) in [5.74, 6) is -0.916. The summed E-state index contributed by atoms with van der Waals surface area (Å²) in [6.45, 7) is 1.98. The van der Waals surface area contributed by atoms with E-state index in [-0.39, 0.29) is 42.3 Å². The number of piperazine rings is 1. The quantitative estimate of drug-likeness (QED) is 0.807. The van der Waals surface area contributed by atoms with Crippen LogP contribution in [0.4, 0.5) is 10.1 Å². The average molecular weight is 385 g/mol. The summed E-state index contributed by atoms with van der Waals surface area (Å²) >= 11 is 0. The van der Waals surface area contributed by atoms with Gasteiger partial charge in [0.05, 0.1) is 12.2 Å². The van der Waals surface area contributed by atoms with Gasteiger partial charge in [-0.05, 0) is 36.4 Å². The highest BCUT2D eigenvalue weighted by Crippen LogP contribution is 2.27. The Bertz CT molecular complexity index is 873. The van der Waals surface area contributed by atoms with E-state index in [1.54, 1.807) is 34.1 Å². The average Bonchev–Trinajstić information content (AvgIpc) is 3.38. The van der Waals surface area contributed by atoms with Crippen LogP contribution in [-0.2, 0) is 9.59 Å². The molecule has 0 saturated carbocycles. The number of hydrogen-bond donors (Lipinski definition) is 0. The van der Waals surface area contributed by atoms with Crippen LogP contribution in [0.2, 0.25) is 0 Å². The molecule has 3 heterocycles. The van der Waals surface area contributed by atoms with Crippen LogP contribution in [0.5, 0.6) is 0 Å². The maximum atomic E-state index is 13.1. The molecule has 2 saturated heterocycles. The van der Waals surface area contributed by atoms with Crippen molar-refractivity contribution in [2.24, 2.45) is 5.92 Å². The first-order valence-electron chi connectivity index (χ1n) is 9.20. The molecule has 1 aromatic carbocycles. The molecule has 2 fully saturated rings. The Labute approximate surface area is 161 Å². The van der Waals surface area contributed by atoms with Crippen molar-refractivity contribution < 1.29 is 23.2 Å². The molecule has 2 aromatic rings. The lowest BCUT2D eigenvalue weighted by atomic mass is 10.1. The smallest absolute Gasteiger partial charge is 0.289 e. The van der Waals surface area contributed by atoms with Crippen molar-refractivity contribution in [3.63, 3.8) is 0 Å². The normalized spacial score (nSPS) is 20.0. The molecule has 2 aliphatic rings. The predicted octanol–water partition coefficient (Wildman–Crippen LogP) is 1.76. The topological polar surface area (TPSA) is 74.1 Å². The molecule has 1 aromatic heterocycles. The molecular weight excluding hydrogens is 365 g/mol. The molecule has 3 amide bonds. The molecule has 7 nitrogen and oxygen atoms in total. The number of nitrogens with zero attached hydrogens (tertiary/aromatic N) is 3. The molecule has 0 spiro atoms. The van der Waals surface area contributed by atoms with E-state index in [4.69, 9.17) is 4.42 Å². The van der Waals surface area contributed by atoms with Crippen molar-refractivity contribution in [1.82, 2.24) is 9.80 Å². The number of hydrogen-bond acceptors (Lipinski definition) is 4. The lowest BCUT2D eigenvalue weighted by molar-refractivity contribution is -0.137. The Morgan fingerprint density at radius 1 is 1.00 bits per heavy atom. The number of furan rings is 1. The molecule has 8 heteroatoms. The molecule has 0 aliphatic carbocycles. The van der Waals surface area contributed by atoms with Gasteiger partial charge in [-0.3, -0.25) is 14.4 Å². The van der Waals surface area contributed by atoms with Gasteiger partial charge in [-0.15, -0.1) is 0 Å². The van der Waals surface area contributed by atoms with Crippen LogP contribution < -0.4 is 4.90 Å². The van der Waals surface area contributed by atoms with Crippen molar-refractivity contribution in [2.45, 2.75) is 6.42 Å². The van der Waals surface area contributed by atoms with Crippen molar-refractivity contribution in [3.8, 4) is 0 Å². The van der Waals surface area contributed by atoms with Gasteiger partial charge in [-0.1, -0.05) is 0 Å². The molecule has 4 rings (SSSR count). The van der Waals surface area contributed by atoms with E-state index in [0.29, 0.717) is 31.9 Å². The number of amides is 3. The Morgan fingerprint density at radius 2 is 1.68 bits per heavy atom. The van der Waals surface area contributed by atoms with Crippen molar-refractivity contribution >= 4 is 23.4 Å². The van der Waals surface area contributed by atoms with Crippen LogP contribution in [0.3, 0.4) is 0 Å². The summed E-state index contributed by atoms with van der Waals surface area (Å²) in [4.78, 5) is 42.4. The summed E-state index contributed by atoms with van der Waals surface area (Å²) in [5, 5.41) is 0. The fraction of sp³-hybridized carbons (Fsp3) is 0.350. The highest BCUT2D eigenvalue weighted by molar-refractivity contribution is 6.00. The monoisotopic (exact) mass is 385 g/mol. The van der Waals surface area contributed by atoms with Crippen LogP contribution in [0, 0.1) is 11.7 Å². The minimum absolute atomic E-state index is 0.0805. The minimum Gasteiger partial charge on any atom is -0.459 e. The maximum absolute atomic E-state index is 13.1. The summed E-state index contributed by atoms with van der Waals surface area (Å²) in [5.41, 5.74) is 0.593. The molecule has 0 radical (unpaired) electrons. The fourth-order valence-electron chi connectivity index (χ4n) is 3.69. The van der Waals surface area contributed by atoms with Crippen LogP contribution in [0.15, 0.2) is 47.1 Å². The first kappa shape index (κ1) is 18.2. The third-order valence-electron chi connectivity index (χ3n) is 5.22. The Kier molecular flexibility index (Phi) is 4.85. The van der Waals surface area contributed by atoms with E-state index in [9.17, 15) is 18.8 Å². The van der Waals surface area contributed by atoms with E-state index >= 15 is 0 Å². The van der Waals surface area contributed by atoms with Gasteiger partial charge in [0.1, 0.15) is 5.82 Å². The van der Waals surface area contributed by atoms with Gasteiger partial charge in [0.25, 0.3) is 5.91 Å². The summed E-state index contributed by atoms with van der Waals surface area (Å²) in [6, 6.07) is 8.96. The van der Waals surface area contributed by atoms with E-state index in [0.717, 1.165) is 0 Å². The third kappa shape index (κ3) is 3.49. The molecule has 28 heavy (non-hydrogen) atoms. The van der Waals surface area contributed by atoms with E-state index in [1.807, 2.05) is 0 Å². The van der Waals surface area contributed by atoms with Crippen LogP contribution in [0.1, 0.15) is 17.0 Å². The highest BCUT2D eigenvalue weighted by Gasteiger charge is 2.38. The fourth-order valence-corrected chi connectivity index (χ4v) is 3.69. The number of carbonyl (C=O) groups excluding carboxylic acids is 3. The van der Waals surface area contributed by atoms with Crippen LogP contribution in [0.25, 0.3) is 0 Å². The largest absolute Gasteiger partial charge is 0.459 e. The number of benzene rings is 1. The van der Waals surface area contributed by atoms with E-state index < -0.39 is 5.92 Å². The molecule has 0 bridgehead atoms. The third-order valence-corrected chi connectivity index (χ3v) is 5.22. The predicted molar refractivity (Wildman–Crippen MR) is 98.1 cm³/mol. The molecule has 2 aliphatic heterocycles. The van der Waals surface area contributed by atoms with E-state index in [1.165, 1.54) is 23.3 Å². The van der Waals surface area contributed by atoms with Gasteiger partial charge in [-0.2, -0.15) is 0 Å². The van der Waals surface area contributed by atoms with Gasteiger partial charge in [0.15, 0.2) is 5.76 Å². The van der Waals surface area contributed by atoms with Gasteiger partial charge in [0.2, 0.25) is 11.8 Å². The maximum Gasteiger partial charge on any atom is 0.289 e. The van der Waals surface area contributed by atoms with Gasteiger partial charge in [-0.25, -0.2) is 4.39 Å². The first-order chi connectivity index (χ1) is 13.5. The zero-order valence-electron chi connectivity index (χ0n) is 15.2. The minimum atomic E-state index is -0.426. The second-order valence-electron chi connectivity index (χ2n) is 6.98. The standard InChI is InChI=1S/C20H20FN3O4/c21-15-3-5-16(6-4-15)24-13-14(12-18(24)25)19(26)22-7-9-23(10-8-22)20(27)17-2-1-11-28-17/h1-6,11,14H,7-10,12-13H2/t14-/m1/s1. The van der Waals surface area contributed by atoms with Crippen molar-refractivity contribution in [2.75, 3.05) is 37.6 Å².